The van der Waals surface area contributed by atoms with E-state index in [2.05, 4.69) is 37.9 Å². The fourth-order valence-electron chi connectivity index (χ4n) is 6.16. The maximum atomic E-state index is 13.6. The summed E-state index contributed by atoms with van der Waals surface area (Å²) in [6.45, 7) is 14.3. The lowest BCUT2D eigenvalue weighted by atomic mass is 10.0. The van der Waals surface area contributed by atoms with Gasteiger partial charge in [-0.1, -0.05) is 111 Å². The molecule has 1 amide bonds. The third kappa shape index (κ3) is 28.0. The summed E-state index contributed by atoms with van der Waals surface area (Å²) in [7, 11) is 0. The van der Waals surface area contributed by atoms with Crippen molar-refractivity contribution in [2.75, 3.05) is 57.5 Å². The minimum Gasteiger partial charge on any atom is -0.466 e. The van der Waals surface area contributed by atoms with Crippen LogP contribution in [0.25, 0.3) is 0 Å². The van der Waals surface area contributed by atoms with Crippen molar-refractivity contribution in [3.63, 3.8) is 0 Å². The quantitative estimate of drug-likeness (QED) is 0.0532. The van der Waals surface area contributed by atoms with Crippen LogP contribution in [0.4, 0.5) is 0 Å². The Hall–Kier alpha value is -1.32. The van der Waals surface area contributed by atoms with Crippen LogP contribution in [0.2, 0.25) is 0 Å². The molecule has 1 N–H and O–H groups in total. The topological polar surface area (TPSA) is 94.2 Å². The predicted molar refractivity (Wildman–Crippen MR) is 205 cm³/mol. The first-order chi connectivity index (χ1) is 23.8. The molecule has 0 aromatic carbocycles. The van der Waals surface area contributed by atoms with Crippen molar-refractivity contribution in [1.82, 2.24) is 10.2 Å². The Kier molecular flexibility index (Phi) is 30.4. The Bertz CT molecular complexity index is 792. The van der Waals surface area contributed by atoms with Crippen molar-refractivity contribution in [2.45, 2.75) is 169 Å². The molecule has 1 unspecified atom stereocenters. The SMILES string of the molecule is CCCCCCCCC(CCCCCCCC)OC(=O)C(CSCCC(=O)OCCCCCC(C)C)CC(=O)NCCCN1CCOCC1. The van der Waals surface area contributed by atoms with Gasteiger partial charge in [0.1, 0.15) is 6.10 Å². The zero-order chi connectivity index (χ0) is 35.8. The number of thioether (sulfide) groups is 1. The molecule has 0 radical (unpaired) electrons. The number of unbranched alkanes of at least 4 members (excludes halogenated alkanes) is 12. The number of rotatable bonds is 33. The van der Waals surface area contributed by atoms with E-state index in [-0.39, 0.29) is 30.4 Å². The average Bonchev–Trinajstić information content (AvgIpc) is 3.09. The molecule has 288 valence electrons. The van der Waals surface area contributed by atoms with E-state index in [1.54, 1.807) is 11.8 Å². The Balaban J connectivity index is 2.64. The molecule has 1 rings (SSSR count). The van der Waals surface area contributed by atoms with Gasteiger partial charge in [-0.25, -0.2) is 0 Å². The summed E-state index contributed by atoms with van der Waals surface area (Å²) in [5, 5.41) is 3.04. The van der Waals surface area contributed by atoms with Gasteiger partial charge >= 0.3 is 11.9 Å². The maximum Gasteiger partial charge on any atom is 0.310 e. The largest absolute Gasteiger partial charge is 0.466 e. The number of carbonyl (C=O) groups excluding carboxylic acids is 3. The maximum absolute atomic E-state index is 13.6. The number of hydrogen-bond acceptors (Lipinski definition) is 8. The predicted octanol–water partition coefficient (Wildman–Crippen LogP) is 9.13. The van der Waals surface area contributed by atoms with Crippen molar-refractivity contribution in [3.8, 4) is 0 Å². The molecule has 1 saturated heterocycles. The number of nitrogens with one attached hydrogen (secondary N) is 1. The van der Waals surface area contributed by atoms with Gasteiger partial charge in [0.25, 0.3) is 0 Å². The molecule has 0 aliphatic carbocycles. The summed E-state index contributed by atoms with van der Waals surface area (Å²) in [6.07, 6.45) is 21.9. The molecule has 9 heteroatoms. The number of nitrogens with zero attached hydrogens (tertiary/aromatic N) is 1. The number of amides is 1. The lowest BCUT2D eigenvalue weighted by Crippen LogP contribution is -2.38. The lowest BCUT2D eigenvalue weighted by Gasteiger charge is -2.26. The van der Waals surface area contributed by atoms with Crippen LogP contribution >= 0.6 is 11.8 Å². The van der Waals surface area contributed by atoms with Gasteiger partial charge in [-0.15, -0.1) is 0 Å². The van der Waals surface area contributed by atoms with E-state index in [1.165, 1.54) is 77.0 Å². The van der Waals surface area contributed by atoms with Gasteiger partial charge in [-0.3, -0.25) is 19.3 Å². The first kappa shape index (κ1) is 45.7. The van der Waals surface area contributed by atoms with Crippen LogP contribution in [-0.4, -0.2) is 86.4 Å². The van der Waals surface area contributed by atoms with Gasteiger partial charge in [0.2, 0.25) is 5.91 Å². The van der Waals surface area contributed by atoms with Crippen LogP contribution < -0.4 is 5.32 Å². The first-order valence-corrected chi connectivity index (χ1v) is 21.5. The third-order valence-corrected chi connectivity index (χ3v) is 10.5. The molecular formula is C40H76N2O6S. The van der Waals surface area contributed by atoms with Crippen LogP contribution in [0.3, 0.4) is 0 Å². The van der Waals surface area contributed by atoms with Crippen LogP contribution in [0.5, 0.6) is 0 Å². The molecule has 1 atom stereocenters. The number of esters is 2. The Morgan fingerprint density at radius 3 is 2.00 bits per heavy atom. The van der Waals surface area contributed by atoms with Gasteiger partial charge in [-0.2, -0.15) is 11.8 Å². The highest BCUT2D eigenvalue weighted by Crippen LogP contribution is 2.22. The van der Waals surface area contributed by atoms with E-state index in [4.69, 9.17) is 14.2 Å². The molecule has 0 spiro atoms. The van der Waals surface area contributed by atoms with Crippen LogP contribution in [0.1, 0.15) is 163 Å². The van der Waals surface area contributed by atoms with Gasteiger partial charge < -0.3 is 19.5 Å². The van der Waals surface area contributed by atoms with Crippen molar-refractivity contribution in [2.24, 2.45) is 11.8 Å². The van der Waals surface area contributed by atoms with Crippen molar-refractivity contribution in [1.29, 1.82) is 0 Å². The molecule has 1 aliphatic rings. The normalized spacial score (nSPS) is 14.3. The standard InChI is InChI=1S/C40H76N2O6S/c1-5-7-9-11-13-17-22-37(23-18-14-12-10-8-6-2)48-40(45)36(33-38(43)41-25-20-26-42-27-30-46-31-28-42)34-49-32-24-39(44)47-29-19-15-16-21-35(3)4/h35-37H,5-34H2,1-4H3,(H,41,43). The number of hydrogen-bond donors (Lipinski definition) is 1. The van der Waals surface area contributed by atoms with E-state index < -0.39 is 5.92 Å². The minimum absolute atomic E-state index is 0.0931. The summed E-state index contributed by atoms with van der Waals surface area (Å²) < 4.78 is 17.1. The minimum atomic E-state index is -0.530. The Labute approximate surface area is 305 Å². The average molecular weight is 713 g/mol. The molecule has 0 bridgehead atoms. The second-order valence-electron chi connectivity index (χ2n) is 14.5. The third-order valence-electron chi connectivity index (χ3n) is 9.34. The van der Waals surface area contributed by atoms with Gasteiger partial charge in [0, 0.05) is 37.6 Å². The van der Waals surface area contributed by atoms with Gasteiger partial charge in [-0.05, 0) is 51.0 Å². The smallest absolute Gasteiger partial charge is 0.310 e. The van der Waals surface area contributed by atoms with E-state index >= 15 is 0 Å². The lowest BCUT2D eigenvalue weighted by molar-refractivity contribution is -0.155. The Morgan fingerprint density at radius 2 is 1.37 bits per heavy atom. The number of ether oxygens (including phenoxy) is 3. The number of morpholine rings is 1. The van der Waals surface area contributed by atoms with Gasteiger partial charge in [0.15, 0.2) is 0 Å². The highest BCUT2D eigenvalue weighted by molar-refractivity contribution is 7.99. The monoisotopic (exact) mass is 713 g/mol. The summed E-state index contributed by atoms with van der Waals surface area (Å²) in [6, 6.07) is 0. The highest BCUT2D eigenvalue weighted by atomic mass is 32.2. The summed E-state index contributed by atoms with van der Waals surface area (Å²) in [5.74, 6) is 0.647. The van der Waals surface area contributed by atoms with Crippen LogP contribution in [-0.2, 0) is 28.6 Å². The molecule has 1 fully saturated rings. The molecular weight excluding hydrogens is 637 g/mol. The summed E-state index contributed by atoms with van der Waals surface area (Å²) >= 11 is 1.54. The molecule has 0 saturated carbocycles. The second-order valence-corrected chi connectivity index (χ2v) is 15.7. The van der Waals surface area contributed by atoms with Crippen molar-refractivity contribution < 1.29 is 28.6 Å². The zero-order valence-electron chi connectivity index (χ0n) is 32.3. The fourth-order valence-corrected chi connectivity index (χ4v) is 7.18. The molecule has 1 aliphatic heterocycles. The molecule has 0 aromatic heterocycles. The van der Waals surface area contributed by atoms with E-state index in [0.717, 1.165) is 77.8 Å². The molecule has 0 aromatic rings. The number of carbonyl (C=O) groups is 3. The zero-order valence-corrected chi connectivity index (χ0v) is 33.1. The second kappa shape index (κ2) is 32.6. The van der Waals surface area contributed by atoms with Crippen molar-refractivity contribution >= 4 is 29.6 Å². The highest BCUT2D eigenvalue weighted by Gasteiger charge is 2.26. The molecule has 1 heterocycles. The van der Waals surface area contributed by atoms with Crippen molar-refractivity contribution in [3.05, 3.63) is 0 Å². The van der Waals surface area contributed by atoms with E-state index in [0.29, 0.717) is 37.0 Å². The Morgan fingerprint density at radius 1 is 0.776 bits per heavy atom. The van der Waals surface area contributed by atoms with Crippen LogP contribution in [0.15, 0.2) is 0 Å². The summed E-state index contributed by atoms with van der Waals surface area (Å²) in [5.41, 5.74) is 0. The van der Waals surface area contributed by atoms with Gasteiger partial charge in [0.05, 0.1) is 32.2 Å². The fraction of sp³-hybridized carbons (Fsp3) is 0.925. The molecule has 49 heavy (non-hydrogen) atoms. The van der Waals surface area contributed by atoms with E-state index in [1.807, 2.05) is 0 Å². The molecule has 8 nitrogen and oxygen atoms in total. The van der Waals surface area contributed by atoms with Crippen LogP contribution in [0, 0.1) is 11.8 Å². The first-order valence-electron chi connectivity index (χ1n) is 20.4. The van der Waals surface area contributed by atoms with E-state index in [9.17, 15) is 14.4 Å². The summed E-state index contributed by atoms with van der Waals surface area (Å²) in [4.78, 5) is 41.3.